The number of aromatic nitrogens is 2. The number of carbonyl (C=O) groups is 1. The standard InChI is InChI=1S/C23H24BrN3O6/c1-31-19-10-17-18(11-20(19)32-2)26(13-21(28)25-15-7-5-14(24)6-8-15)23(30)27(22(17)29)12-16-4-3-9-33-16/h5-8,10-11,16H,3-4,9,12-13H2,1-2H3,(H,25,28)/t16-/m0/s1. The van der Waals surface area contributed by atoms with Gasteiger partial charge in [-0.1, -0.05) is 15.9 Å². The number of nitrogens with one attached hydrogen (secondary N) is 1. The van der Waals surface area contributed by atoms with Crippen LogP contribution in [0.15, 0.2) is 50.5 Å². The number of hydrogen-bond donors (Lipinski definition) is 1. The molecule has 1 aliphatic heterocycles. The molecule has 0 radical (unpaired) electrons. The number of fused-ring (bicyclic) bond motifs is 1. The Morgan fingerprint density at radius 3 is 2.45 bits per heavy atom. The monoisotopic (exact) mass is 517 g/mol. The summed E-state index contributed by atoms with van der Waals surface area (Å²) in [5, 5.41) is 3.03. The first-order valence-corrected chi connectivity index (χ1v) is 11.3. The lowest BCUT2D eigenvalue weighted by Crippen LogP contribution is -2.43. The summed E-state index contributed by atoms with van der Waals surface area (Å²) in [6.07, 6.45) is 1.42. The maximum Gasteiger partial charge on any atom is 0.332 e. The number of halogens is 1. The van der Waals surface area contributed by atoms with E-state index in [0.717, 1.165) is 21.9 Å². The van der Waals surface area contributed by atoms with Crippen LogP contribution < -0.4 is 26.0 Å². The van der Waals surface area contributed by atoms with Gasteiger partial charge >= 0.3 is 5.69 Å². The molecule has 0 unspecified atom stereocenters. The van der Waals surface area contributed by atoms with Gasteiger partial charge < -0.3 is 19.5 Å². The van der Waals surface area contributed by atoms with Gasteiger partial charge in [0.1, 0.15) is 6.54 Å². The highest BCUT2D eigenvalue weighted by Gasteiger charge is 2.23. The van der Waals surface area contributed by atoms with Crippen molar-refractivity contribution in [3.63, 3.8) is 0 Å². The Labute approximate surface area is 198 Å². The van der Waals surface area contributed by atoms with Gasteiger partial charge in [0, 0.05) is 22.8 Å². The molecule has 1 N–H and O–H groups in total. The van der Waals surface area contributed by atoms with Crippen LogP contribution in [-0.4, -0.2) is 42.0 Å². The quantitative estimate of drug-likeness (QED) is 0.517. The second-order valence-corrected chi connectivity index (χ2v) is 8.61. The Bertz CT molecular complexity index is 1290. The van der Waals surface area contributed by atoms with Crippen molar-refractivity contribution in [2.24, 2.45) is 0 Å². The van der Waals surface area contributed by atoms with Crippen molar-refractivity contribution >= 4 is 38.4 Å². The SMILES string of the molecule is COc1cc2c(=O)n(C[C@@H]3CCCO3)c(=O)n(CC(=O)Nc3ccc(Br)cc3)c2cc1OC. The fourth-order valence-electron chi connectivity index (χ4n) is 3.93. The molecule has 1 atom stereocenters. The molecular weight excluding hydrogens is 494 g/mol. The van der Waals surface area contributed by atoms with E-state index < -0.39 is 17.2 Å². The van der Waals surface area contributed by atoms with Crippen molar-refractivity contribution in [1.29, 1.82) is 0 Å². The smallest absolute Gasteiger partial charge is 0.332 e. The van der Waals surface area contributed by atoms with E-state index in [1.807, 2.05) is 0 Å². The fourth-order valence-corrected chi connectivity index (χ4v) is 4.19. The minimum absolute atomic E-state index is 0.121. The van der Waals surface area contributed by atoms with Gasteiger partial charge in [-0.2, -0.15) is 0 Å². The molecule has 2 aromatic carbocycles. The summed E-state index contributed by atoms with van der Waals surface area (Å²) in [5.41, 5.74) is -0.165. The third kappa shape index (κ3) is 4.81. The maximum absolute atomic E-state index is 13.4. The zero-order chi connectivity index (χ0) is 23.5. The Morgan fingerprint density at radius 2 is 1.82 bits per heavy atom. The average molecular weight is 518 g/mol. The molecule has 3 aromatic rings. The second kappa shape index (κ2) is 9.80. The van der Waals surface area contributed by atoms with Crippen molar-refractivity contribution in [3.8, 4) is 11.5 Å². The maximum atomic E-state index is 13.4. The highest BCUT2D eigenvalue weighted by Crippen LogP contribution is 2.30. The number of hydrogen-bond acceptors (Lipinski definition) is 6. The van der Waals surface area contributed by atoms with Crippen molar-refractivity contribution in [3.05, 3.63) is 61.7 Å². The molecule has 174 valence electrons. The van der Waals surface area contributed by atoms with E-state index in [0.29, 0.717) is 23.8 Å². The zero-order valence-electron chi connectivity index (χ0n) is 18.3. The normalized spacial score (nSPS) is 15.5. The summed E-state index contributed by atoms with van der Waals surface area (Å²) in [6, 6.07) is 10.2. The van der Waals surface area contributed by atoms with Gasteiger partial charge in [0.15, 0.2) is 11.5 Å². The van der Waals surface area contributed by atoms with Gasteiger partial charge in [-0.3, -0.25) is 18.7 Å². The molecule has 33 heavy (non-hydrogen) atoms. The molecule has 4 rings (SSSR count). The summed E-state index contributed by atoms with van der Waals surface area (Å²) in [6.45, 7) is 0.435. The van der Waals surface area contributed by atoms with E-state index in [1.165, 1.54) is 24.9 Å². The number of amides is 1. The lowest BCUT2D eigenvalue weighted by atomic mass is 10.2. The number of nitrogens with zero attached hydrogens (tertiary/aromatic N) is 2. The van der Waals surface area contributed by atoms with E-state index >= 15 is 0 Å². The average Bonchev–Trinajstić information content (AvgIpc) is 3.33. The van der Waals surface area contributed by atoms with Crippen LogP contribution in [0.3, 0.4) is 0 Å². The Hall–Kier alpha value is -3.11. The molecule has 2 heterocycles. The molecule has 0 bridgehead atoms. The first-order valence-electron chi connectivity index (χ1n) is 10.5. The second-order valence-electron chi connectivity index (χ2n) is 7.70. The van der Waals surface area contributed by atoms with Crippen LogP contribution >= 0.6 is 15.9 Å². The summed E-state index contributed by atoms with van der Waals surface area (Å²) < 4.78 is 19.6. The van der Waals surface area contributed by atoms with Crippen LogP contribution in [0.4, 0.5) is 5.69 Å². The van der Waals surface area contributed by atoms with Crippen molar-refractivity contribution in [2.75, 3.05) is 26.1 Å². The van der Waals surface area contributed by atoms with E-state index in [1.54, 1.807) is 30.3 Å². The minimum Gasteiger partial charge on any atom is -0.493 e. The van der Waals surface area contributed by atoms with Crippen molar-refractivity contribution < 1.29 is 19.0 Å². The predicted octanol–water partition coefficient (Wildman–Crippen LogP) is 2.76. The van der Waals surface area contributed by atoms with Crippen molar-refractivity contribution in [2.45, 2.75) is 32.0 Å². The van der Waals surface area contributed by atoms with Crippen LogP contribution in [0, 0.1) is 0 Å². The molecule has 0 aliphatic carbocycles. The summed E-state index contributed by atoms with van der Waals surface area (Å²) >= 11 is 3.36. The molecule has 1 fully saturated rings. The first-order chi connectivity index (χ1) is 15.9. The van der Waals surface area contributed by atoms with Crippen LogP contribution in [-0.2, 0) is 22.6 Å². The Balaban J connectivity index is 1.80. The lowest BCUT2D eigenvalue weighted by Gasteiger charge is -2.18. The van der Waals surface area contributed by atoms with Gasteiger partial charge in [-0.25, -0.2) is 4.79 Å². The number of anilines is 1. The van der Waals surface area contributed by atoms with Gasteiger partial charge in [-0.05, 0) is 43.2 Å². The highest BCUT2D eigenvalue weighted by atomic mass is 79.9. The molecule has 1 aromatic heterocycles. The molecule has 0 spiro atoms. The lowest BCUT2D eigenvalue weighted by molar-refractivity contribution is -0.116. The molecule has 9 nitrogen and oxygen atoms in total. The minimum atomic E-state index is -0.582. The predicted molar refractivity (Wildman–Crippen MR) is 127 cm³/mol. The van der Waals surface area contributed by atoms with Gasteiger partial charge in [-0.15, -0.1) is 0 Å². The largest absolute Gasteiger partial charge is 0.493 e. The zero-order valence-corrected chi connectivity index (χ0v) is 19.9. The highest BCUT2D eigenvalue weighted by molar-refractivity contribution is 9.10. The molecule has 10 heteroatoms. The van der Waals surface area contributed by atoms with Gasteiger partial charge in [0.2, 0.25) is 5.91 Å². The number of methoxy groups -OCH3 is 2. The molecule has 0 saturated carbocycles. The van der Waals surface area contributed by atoms with E-state index in [2.05, 4.69) is 21.2 Å². The van der Waals surface area contributed by atoms with E-state index in [-0.39, 0.29) is 30.1 Å². The number of carbonyl (C=O) groups excluding carboxylic acids is 1. The molecule has 1 amide bonds. The van der Waals surface area contributed by atoms with Crippen LogP contribution in [0.2, 0.25) is 0 Å². The molecule has 1 aliphatic rings. The fraction of sp³-hybridized carbons (Fsp3) is 0.348. The number of benzene rings is 2. The first kappa shape index (κ1) is 23.1. The van der Waals surface area contributed by atoms with E-state index in [9.17, 15) is 14.4 Å². The Morgan fingerprint density at radius 1 is 1.12 bits per heavy atom. The van der Waals surface area contributed by atoms with Crippen molar-refractivity contribution in [1.82, 2.24) is 9.13 Å². The number of ether oxygens (including phenoxy) is 3. The van der Waals surface area contributed by atoms with Crippen LogP contribution in [0.25, 0.3) is 10.9 Å². The third-order valence-electron chi connectivity index (χ3n) is 5.57. The Kier molecular flexibility index (Phi) is 6.85. The summed E-state index contributed by atoms with van der Waals surface area (Å²) in [4.78, 5) is 39.5. The number of rotatable bonds is 7. The summed E-state index contributed by atoms with van der Waals surface area (Å²) in [7, 11) is 2.93. The van der Waals surface area contributed by atoms with Crippen LogP contribution in [0.1, 0.15) is 12.8 Å². The third-order valence-corrected chi connectivity index (χ3v) is 6.10. The molecular formula is C23H24BrN3O6. The van der Waals surface area contributed by atoms with E-state index in [4.69, 9.17) is 14.2 Å². The topological polar surface area (TPSA) is 101 Å². The molecule has 1 saturated heterocycles. The van der Waals surface area contributed by atoms with Gasteiger partial charge in [0.25, 0.3) is 5.56 Å². The summed E-state index contributed by atoms with van der Waals surface area (Å²) in [5.74, 6) is 0.302. The van der Waals surface area contributed by atoms with Gasteiger partial charge in [0.05, 0.1) is 37.8 Å². The van der Waals surface area contributed by atoms with Crippen LogP contribution in [0.5, 0.6) is 11.5 Å².